The first kappa shape index (κ1) is 30.3. The van der Waals surface area contributed by atoms with Crippen molar-refractivity contribution in [1.29, 1.82) is 0 Å². The second-order valence-corrected chi connectivity index (χ2v) is 6.80. The summed E-state index contributed by atoms with van der Waals surface area (Å²) in [6.07, 6.45) is -2.70. The molecule has 0 unspecified atom stereocenters. The van der Waals surface area contributed by atoms with E-state index in [0.29, 0.717) is 23.0 Å². The van der Waals surface area contributed by atoms with Crippen molar-refractivity contribution in [3.05, 3.63) is 47.5 Å². The lowest BCUT2D eigenvalue weighted by atomic mass is 10.2. The van der Waals surface area contributed by atoms with Gasteiger partial charge in [0, 0.05) is 18.6 Å². The highest BCUT2D eigenvalue weighted by molar-refractivity contribution is 5.90. The number of carbonyl (C=O) groups excluding carboxylic acids is 4. The lowest BCUT2D eigenvalue weighted by Gasteiger charge is -2.08. The van der Waals surface area contributed by atoms with Gasteiger partial charge in [0.2, 0.25) is 0 Å². The summed E-state index contributed by atoms with van der Waals surface area (Å²) < 4.78 is 29.3. The molecule has 16 heteroatoms. The summed E-state index contributed by atoms with van der Waals surface area (Å²) in [7, 11) is 5.56. The molecule has 2 aromatic carbocycles. The minimum atomic E-state index is -1.35. The van der Waals surface area contributed by atoms with E-state index in [0.717, 1.165) is 0 Å². The highest BCUT2D eigenvalue weighted by atomic mass is 17.5. The molecule has 212 valence electrons. The maximum absolute atomic E-state index is 12.0. The van der Waals surface area contributed by atoms with Crippen LogP contribution >= 0.6 is 0 Å². The third-order valence-corrected chi connectivity index (χ3v) is 4.33. The SMILES string of the molecule is COc1cc(OC)cc(C(=O)OOOC(=O)OCCCOC(=O)OOOC(=O)c2cc(OC)cc(OC)c2)c1. The minimum absolute atomic E-state index is 0.00299. The normalized spacial score (nSPS) is 9.95. The molecular formula is C23H24O16. The Kier molecular flexibility index (Phi) is 12.4. The van der Waals surface area contributed by atoms with Crippen LogP contribution in [0.25, 0.3) is 0 Å². The highest BCUT2D eigenvalue weighted by Crippen LogP contribution is 2.24. The van der Waals surface area contributed by atoms with E-state index in [1.807, 2.05) is 0 Å². The number of methoxy groups -OCH3 is 4. The van der Waals surface area contributed by atoms with Crippen LogP contribution in [0.15, 0.2) is 36.4 Å². The number of hydrogen-bond donors (Lipinski definition) is 0. The van der Waals surface area contributed by atoms with Gasteiger partial charge in [0.05, 0.1) is 62.9 Å². The molecule has 0 fully saturated rings. The maximum atomic E-state index is 12.0. The van der Waals surface area contributed by atoms with E-state index >= 15 is 0 Å². The second kappa shape index (κ2) is 16.0. The van der Waals surface area contributed by atoms with E-state index in [1.54, 1.807) is 0 Å². The molecule has 0 amide bonds. The topological polar surface area (TPSA) is 179 Å². The summed E-state index contributed by atoms with van der Waals surface area (Å²) in [5.74, 6) is -0.764. The van der Waals surface area contributed by atoms with Crippen molar-refractivity contribution in [2.24, 2.45) is 0 Å². The van der Waals surface area contributed by atoms with Crippen LogP contribution in [0.5, 0.6) is 23.0 Å². The van der Waals surface area contributed by atoms with Crippen LogP contribution < -0.4 is 18.9 Å². The van der Waals surface area contributed by atoms with Gasteiger partial charge in [0.1, 0.15) is 23.0 Å². The Morgan fingerprint density at radius 3 is 1.15 bits per heavy atom. The quantitative estimate of drug-likeness (QED) is 0.143. The van der Waals surface area contributed by atoms with E-state index in [2.05, 4.69) is 39.1 Å². The minimum Gasteiger partial charge on any atom is -0.497 e. The van der Waals surface area contributed by atoms with Gasteiger partial charge in [0.15, 0.2) is 0 Å². The first-order valence-electron chi connectivity index (χ1n) is 10.7. The second-order valence-electron chi connectivity index (χ2n) is 6.80. The van der Waals surface area contributed by atoms with Crippen LogP contribution in [-0.4, -0.2) is 65.9 Å². The van der Waals surface area contributed by atoms with Gasteiger partial charge in [-0.05, 0) is 24.3 Å². The molecule has 0 bridgehead atoms. The zero-order valence-corrected chi connectivity index (χ0v) is 21.1. The van der Waals surface area contributed by atoms with Gasteiger partial charge in [0.25, 0.3) is 0 Å². The lowest BCUT2D eigenvalue weighted by Crippen LogP contribution is -2.15. The average molecular weight is 556 g/mol. The van der Waals surface area contributed by atoms with Crippen molar-refractivity contribution in [3.63, 3.8) is 0 Å². The first-order chi connectivity index (χ1) is 18.8. The molecule has 0 aromatic heterocycles. The predicted octanol–water partition coefficient (Wildman–Crippen LogP) is 3.12. The van der Waals surface area contributed by atoms with Gasteiger partial charge < -0.3 is 28.4 Å². The fraction of sp³-hybridized carbons (Fsp3) is 0.304. The smallest absolute Gasteiger partial charge is 0.497 e. The Bertz CT molecular complexity index is 999. The summed E-state index contributed by atoms with van der Waals surface area (Å²) in [5, 5.41) is 8.18. The molecule has 0 spiro atoms. The molecule has 0 heterocycles. The number of benzene rings is 2. The van der Waals surface area contributed by atoms with E-state index in [1.165, 1.54) is 64.8 Å². The fourth-order valence-electron chi connectivity index (χ4n) is 2.52. The summed E-state index contributed by atoms with van der Waals surface area (Å²) in [4.78, 5) is 63.8. The Balaban J connectivity index is 1.57. The van der Waals surface area contributed by atoms with E-state index in [4.69, 9.17) is 18.9 Å². The lowest BCUT2D eigenvalue weighted by molar-refractivity contribution is -0.452. The van der Waals surface area contributed by atoms with Crippen LogP contribution in [0.4, 0.5) is 9.59 Å². The average Bonchev–Trinajstić information content (AvgIpc) is 2.95. The summed E-state index contributed by atoms with van der Waals surface area (Å²) in [6.45, 7) is -0.575. The van der Waals surface area contributed by atoms with Gasteiger partial charge in [-0.25, -0.2) is 29.0 Å². The molecule has 0 atom stereocenters. The van der Waals surface area contributed by atoms with Crippen molar-refractivity contribution in [3.8, 4) is 23.0 Å². The number of carbonyl (C=O) groups is 4. The van der Waals surface area contributed by atoms with Crippen LogP contribution in [0.1, 0.15) is 27.1 Å². The molecule has 2 aromatic rings. The summed E-state index contributed by atoms with van der Waals surface area (Å²) in [6, 6.07) is 8.40. The van der Waals surface area contributed by atoms with Crippen molar-refractivity contribution >= 4 is 24.2 Å². The van der Waals surface area contributed by atoms with E-state index < -0.39 is 24.2 Å². The zero-order valence-electron chi connectivity index (χ0n) is 21.1. The number of ether oxygens (including phenoxy) is 6. The van der Waals surface area contributed by atoms with Crippen molar-refractivity contribution in [2.45, 2.75) is 6.42 Å². The summed E-state index contributed by atoms with van der Waals surface area (Å²) >= 11 is 0. The van der Waals surface area contributed by atoms with Gasteiger partial charge in [-0.1, -0.05) is 0 Å². The third kappa shape index (κ3) is 10.5. The highest BCUT2D eigenvalue weighted by Gasteiger charge is 2.16. The summed E-state index contributed by atoms with van der Waals surface area (Å²) in [5.41, 5.74) is -0.0158. The number of hydrogen-bond acceptors (Lipinski definition) is 16. The van der Waals surface area contributed by atoms with Crippen LogP contribution in [0.2, 0.25) is 0 Å². The van der Waals surface area contributed by atoms with Gasteiger partial charge in [-0.2, -0.15) is 0 Å². The molecule has 0 N–H and O–H groups in total. The first-order valence-corrected chi connectivity index (χ1v) is 10.7. The monoisotopic (exact) mass is 556 g/mol. The Morgan fingerprint density at radius 2 is 0.846 bits per heavy atom. The molecule has 0 aliphatic carbocycles. The Morgan fingerprint density at radius 1 is 0.513 bits per heavy atom. The van der Waals surface area contributed by atoms with Crippen molar-refractivity contribution in [1.82, 2.24) is 0 Å². The van der Waals surface area contributed by atoms with E-state index in [-0.39, 0.29) is 30.8 Å². The van der Waals surface area contributed by atoms with Crippen LogP contribution in [0, 0.1) is 0 Å². The molecule has 0 saturated heterocycles. The van der Waals surface area contributed by atoms with E-state index in [9.17, 15) is 19.2 Å². The predicted molar refractivity (Wildman–Crippen MR) is 122 cm³/mol. The molecule has 0 aliphatic rings. The Labute approximate surface area is 220 Å². The zero-order chi connectivity index (χ0) is 28.6. The van der Waals surface area contributed by atoms with Gasteiger partial charge >= 0.3 is 24.2 Å². The fourth-order valence-corrected chi connectivity index (χ4v) is 2.52. The third-order valence-electron chi connectivity index (χ3n) is 4.33. The van der Waals surface area contributed by atoms with Gasteiger partial charge in [-0.3, -0.25) is 9.78 Å². The van der Waals surface area contributed by atoms with Crippen molar-refractivity contribution < 1.29 is 77.2 Å². The molecule has 0 aliphatic heterocycles. The van der Waals surface area contributed by atoms with Crippen LogP contribution in [0.3, 0.4) is 0 Å². The van der Waals surface area contributed by atoms with Crippen molar-refractivity contribution in [2.75, 3.05) is 41.7 Å². The largest absolute Gasteiger partial charge is 0.543 e. The maximum Gasteiger partial charge on any atom is 0.543 e. The molecule has 16 nitrogen and oxygen atoms in total. The molecule has 0 saturated carbocycles. The standard InChI is InChI=1S/C23H24O16/c1-28-16-8-14(9-17(12-16)29-2)20(24)34-38-36-22(26)32-6-5-7-33-23(27)37-39-35-21(25)15-10-18(30-3)13-19(11-15)31-4/h8-13H,5-7H2,1-4H3. The molecule has 0 radical (unpaired) electrons. The molecular weight excluding hydrogens is 532 g/mol. The number of rotatable bonds is 14. The Hall–Kier alpha value is -4.96. The van der Waals surface area contributed by atoms with Gasteiger partial charge in [-0.15, -0.1) is 0 Å². The molecule has 39 heavy (non-hydrogen) atoms. The van der Waals surface area contributed by atoms with Crippen LogP contribution in [-0.2, 0) is 39.1 Å². The molecule has 2 rings (SSSR count).